The maximum atomic E-state index is 4.10. The first-order chi connectivity index (χ1) is 4.36. The van der Waals surface area contributed by atoms with Crippen LogP contribution in [0.1, 0.15) is 30.4 Å². The number of nitrogens with one attached hydrogen (secondary N) is 2. The lowest BCUT2D eigenvalue weighted by Crippen LogP contribution is -2.07. The molecule has 3 nitrogen and oxygen atoms in total. The van der Waals surface area contributed by atoms with Crippen molar-refractivity contribution in [3.63, 3.8) is 0 Å². The van der Waals surface area contributed by atoms with Crippen molar-refractivity contribution in [1.82, 2.24) is 10.2 Å². The number of rotatable bonds is 1. The number of aromatic nitrogens is 3. The Hall–Kier alpha value is -0.860. The Kier molecular flexibility index (Phi) is 0.860. The number of nitrogens with zero attached hydrogens (tertiary/aromatic N) is 1. The Bertz CT molecular complexity index is 212. The highest BCUT2D eigenvalue weighted by molar-refractivity contribution is 4.97. The highest BCUT2D eigenvalue weighted by Crippen LogP contribution is 2.36. The summed E-state index contributed by atoms with van der Waals surface area (Å²) in [5.74, 6) is 2.92. The van der Waals surface area contributed by atoms with Gasteiger partial charge in [0.15, 0.2) is 0 Å². The van der Waals surface area contributed by atoms with Gasteiger partial charge in [-0.15, -0.1) is 5.10 Å². The largest absolute Gasteiger partial charge is 0.278 e. The van der Waals surface area contributed by atoms with E-state index in [1.807, 2.05) is 6.92 Å². The molecule has 1 aromatic rings. The van der Waals surface area contributed by atoms with Crippen LogP contribution >= 0.6 is 0 Å². The van der Waals surface area contributed by atoms with Crippen molar-refractivity contribution in [2.75, 3.05) is 0 Å². The maximum absolute atomic E-state index is 4.10. The maximum Gasteiger partial charge on any atom is 0.278 e. The molecule has 0 saturated heterocycles. The Balaban J connectivity index is 2.28. The summed E-state index contributed by atoms with van der Waals surface area (Å²) >= 11 is 0. The van der Waals surface area contributed by atoms with Gasteiger partial charge in [0.25, 0.3) is 5.82 Å². The van der Waals surface area contributed by atoms with Gasteiger partial charge in [0, 0.05) is 12.0 Å². The molecule has 1 aliphatic rings. The molecular weight excluding hydrogens is 114 g/mol. The molecule has 0 spiro atoms. The number of aryl methyl sites for hydroxylation is 1. The van der Waals surface area contributed by atoms with Gasteiger partial charge in [0.05, 0.1) is 5.92 Å². The zero-order valence-electron chi connectivity index (χ0n) is 5.44. The van der Waals surface area contributed by atoms with E-state index in [0.717, 1.165) is 17.6 Å². The monoisotopic (exact) mass is 124 g/mol. The summed E-state index contributed by atoms with van der Waals surface area (Å²) in [5, 5.41) is 6.98. The van der Waals surface area contributed by atoms with Gasteiger partial charge in [-0.25, -0.2) is 4.98 Å². The fraction of sp³-hybridized carbons (Fsp3) is 0.667. The van der Waals surface area contributed by atoms with Crippen molar-refractivity contribution in [2.24, 2.45) is 0 Å². The highest BCUT2D eigenvalue weighted by Gasteiger charge is 2.31. The molecule has 48 valence electrons. The zero-order chi connectivity index (χ0) is 6.27. The quantitative estimate of drug-likeness (QED) is 0.579. The van der Waals surface area contributed by atoms with Crippen molar-refractivity contribution in [2.45, 2.75) is 25.7 Å². The Morgan fingerprint density at radius 3 is 2.89 bits per heavy atom. The molecule has 0 bridgehead atoms. The van der Waals surface area contributed by atoms with Gasteiger partial charge in [0.1, 0.15) is 0 Å². The zero-order valence-corrected chi connectivity index (χ0v) is 5.44. The van der Waals surface area contributed by atoms with Crippen LogP contribution < -0.4 is 4.98 Å². The minimum atomic E-state index is 0.731. The summed E-state index contributed by atoms with van der Waals surface area (Å²) in [6.07, 6.45) is 2.61. The molecule has 1 aromatic heterocycles. The molecule has 2 rings (SSSR count). The summed E-state index contributed by atoms with van der Waals surface area (Å²) in [6, 6.07) is 0. The van der Waals surface area contributed by atoms with Gasteiger partial charge < -0.3 is 0 Å². The van der Waals surface area contributed by atoms with Crippen LogP contribution in [0.25, 0.3) is 0 Å². The normalized spacial score (nSPS) is 18.3. The molecule has 0 aromatic carbocycles. The van der Waals surface area contributed by atoms with E-state index in [1.54, 1.807) is 0 Å². The summed E-state index contributed by atoms with van der Waals surface area (Å²) in [6.45, 7) is 1.98. The molecule has 0 radical (unpaired) electrons. The number of hydrogen-bond donors (Lipinski definition) is 1. The lowest BCUT2D eigenvalue weighted by molar-refractivity contribution is -0.399. The lowest BCUT2D eigenvalue weighted by atomic mass is 10.4. The van der Waals surface area contributed by atoms with Crippen molar-refractivity contribution < 1.29 is 4.98 Å². The van der Waals surface area contributed by atoms with Gasteiger partial charge in [-0.3, -0.25) is 0 Å². The molecule has 9 heavy (non-hydrogen) atoms. The van der Waals surface area contributed by atoms with Crippen LogP contribution in [0.2, 0.25) is 0 Å². The van der Waals surface area contributed by atoms with Crippen molar-refractivity contribution >= 4 is 0 Å². The first-order valence-electron chi connectivity index (χ1n) is 3.30. The molecule has 1 fully saturated rings. The van der Waals surface area contributed by atoms with E-state index in [9.17, 15) is 0 Å². The summed E-state index contributed by atoms with van der Waals surface area (Å²) in [5.41, 5.74) is 0. The van der Waals surface area contributed by atoms with E-state index in [-0.39, 0.29) is 0 Å². The molecule has 1 aliphatic carbocycles. The van der Waals surface area contributed by atoms with Crippen molar-refractivity contribution in [1.29, 1.82) is 0 Å². The van der Waals surface area contributed by atoms with Gasteiger partial charge in [-0.1, -0.05) is 0 Å². The summed E-state index contributed by atoms with van der Waals surface area (Å²) < 4.78 is 0. The SMILES string of the molecule is Cc1[nH]nc(C2CC2)[nH+]1. The third kappa shape index (κ3) is 0.823. The molecule has 3 heteroatoms. The molecule has 2 N–H and O–H groups in total. The molecule has 0 amide bonds. The Labute approximate surface area is 53.5 Å². The van der Waals surface area contributed by atoms with E-state index in [2.05, 4.69) is 15.2 Å². The first-order valence-corrected chi connectivity index (χ1v) is 3.30. The number of H-pyrrole nitrogens is 2. The third-order valence-corrected chi connectivity index (χ3v) is 1.62. The number of hydrogen-bond acceptors (Lipinski definition) is 1. The third-order valence-electron chi connectivity index (χ3n) is 1.62. The van der Waals surface area contributed by atoms with Crippen LogP contribution in [-0.2, 0) is 0 Å². The predicted molar refractivity (Wildman–Crippen MR) is 31.9 cm³/mol. The fourth-order valence-corrected chi connectivity index (χ4v) is 0.942. The predicted octanol–water partition coefficient (Wildman–Crippen LogP) is 0.410. The molecule has 1 heterocycles. The summed E-state index contributed by atoms with van der Waals surface area (Å²) in [7, 11) is 0. The summed E-state index contributed by atoms with van der Waals surface area (Å²) in [4.78, 5) is 3.17. The average molecular weight is 124 g/mol. The molecule has 0 unspecified atom stereocenters. The smallest absolute Gasteiger partial charge is 0.246 e. The highest BCUT2D eigenvalue weighted by atomic mass is 15.2. The molecule has 1 saturated carbocycles. The van der Waals surface area contributed by atoms with Gasteiger partial charge in [-0.2, -0.15) is 0 Å². The Morgan fingerprint density at radius 1 is 1.67 bits per heavy atom. The molecular formula is C6H10N3+. The van der Waals surface area contributed by atoms with Gasteiger partial charge in [-0.05, 0) is 12.8 Å². The first kappa shape index (κ1) is 4.97. The second kappa shape index (κ2) is 1.56. The fourth-order valence-electron chi connectivity index (χ4n) is 0.942. The van der Waals surface area contributed by atoms with Crippen LogP contribution in [0, 0.1) is 6.92 Å². The van der Waals surface area contributed by atoms with E-state index in [1.165, 1.54) is 12.8 Å². The lowest BCUT2D eigenvalue weighted by Gasteiger charge is -1.73. The van der Waals surface area contributed by atoms with Crippen molar-refractivity contribution in [3.8, 4) is 0 Å². The second-order valence-corrected chi connectivity index (χ2v) is 2.63. The molecule has 0 aliphatic heterocycles. The Morgan fingerprint density at radius 2 is 2.44 bits per heavy atom. The minimum Gasteiger partial charge on any atom is -0.246 e. The topological polar surface area (TPSA) is 42.8 Å². The van der Waals surface area contributed by atoms with E-state index >= 15 is 0 Å². The van der Waals surface area contributed by atoms with E-state index in [0.29, 0.717) is 0 Å². The van der Waals surface area contributed by atoms with Gasteiger partial charge >= 0.3 is 0 Å². The van der Waals surface area contributed by atoms with Gasteiger partial charge in [0.2, 0.25) is 5.82 Å². The van der Waals surface area contributed by atoms with Crippen LogP contribution in [0.15, 0.2) is 0 Å². The number of aromatic amines is 2. The van der Waals surface area contributed by atoms with Crippen LogP contribution in [0.3, 0.4) is 0 Å². The second-order valence-electron chi connectivity index (χ2n) is 2.63. The average Bonchev–Trinajstić information content (AvgIpc) is 2.58. The molecule has 0 atom stereocenters. The van der Waals surface area contributed by atoms with Crippen LogP contribution in [-0.4, -0.2) is 10.2 Å². The van der Waals surface area contributed by atoms with Crippen LogP contribution in [0.5, 0.6) is 0 Å². The van der Waals surface area contributed by atoms with E-state index < -0.39 is 0 Å². The minimum absolute atomic E-state index is 0.731. The van der Waals surface area contributed by atoms with Crippen molar-refractivity contribution in [3.05, 3.63) is 11.6 Å². The standard InChI is InChI=1S/C6H9N3/c1-4-7-6(9-8-4)5-2-3-5/h5H,2-3H2,1H3,(H,7,8,9)/p+1. The van der Waals surface area contributed by atoms with Crippen LogP contribution in [0.4, 0.5) is 0 Å². The van der Waals surface area contributed by atoms with E-state index in [4.69, 9.17) is 0 Å².